The fourth-order valence-corrected chi connectivity index (χ4v) is 5.27. The number of hydrogen-bond acceptors (Lipinski definition) is 7. The van der Waals surface area contributed by atoms with Crippen molar-refractivity contribution < 1.29 is 31.5 Å². The predicted octanol–water partition coefficient (Wildman–Crippen LogP) is 2.07. The maximum Gasteiger partial charge on any atom is 0.372 e. The van der Waals surface area contributed by atoms with Crippen molar-refractivity contribution in [2.75, 3.05) is 26.9 Å². The Bertz CT molecular complexity index is 498. The fraction of sp³-hybridized carbons (Fsp3) is 0.917. The van der Waals surface area contributed by atoms with Crippen LogP contribution in [0, 0.1) is 5.92 Å². The standard InChI is InChI=1S/C12H27N2O7PS/c1-7-19-22(20-8-2,21-9-3)14-23(16,17)13-11(10(4)5)12(15)18-6/h10-11,13H,7-9H2,1-6H3/t11-/m0/s1. The molecule has 0 bridgehead atoms. The van der Waals surface area contributed by atoms with Crippen LogP contribution in [0.15, 0.2) is 4.15 Å². The third-order valence-corrected chi connectivity index (χ3v) is 6.45. The second kappa shape index (κ2) is 10.4. The molecule has 0 heterocycles. The first kappa shape index (κ1) is 22.5. The van der Waals surface area contributed by atoms with Gasteiger partial charge in [-0.1, -0.05) is 18.0 Å². The summed E-state index contributed by atoms with van der Waals surface area (Å²) < 4.78 is 51.1. The molecule has 0 saturated heterocycles. The van der Waals surface area contributed by atoms with Crippen LogP contribution < -0.4 is 4.72 Å². The number of esters is 1. The molecular weight excluding hydrogens is 347 g/mol. The normalized spacial score (nSPS) is 13.9. The molecule has 23 heavy (non-hydrogen) atoms. The number of rotatable bonds is 11. The van der Waals surface area contributed by atoms with Crippen LogP contribution in [0.2, 0.25) is 0 Å². The van der Waals surface area contributed by atoms with Gasteiger partial charge in [0.2, 0.25) is 0 Å². The minimum atomic E-state index is -4.26. The van der Waals surface area contributed by atoms with Gasteiger partial charge in [0.25, 0.3) is 0 Å². The minimum Gasteiger partial charge on any atom is -0.468 e. The molecule has 0 aromatic carbocycles. The van der Waals surface area contributed by atoms with Crippen molar-refractivity contribution >= 4 is 23.9 Å². The number of hydrogen-bond donors (Lipinski definition) is 1. The van der Waals surface area contributed by atoms with Crippen molar-refractivity contribution in [3.8, 4) is 0 Å². The van der Waals surface area contributed by atoms with Gasteiger partial charge in [-0.3, -0.25) is 4.79 Å². The van der Waals surface area contributed by atoms with Crippen molar-refractivity contribution in [2.24, 2.45) is 10.1 Å². The van der Waals surface area contributed by atoms with Gasteiger partial charge in [0.1, 0.15) is 6.04 Å². The summed E-state index contributed by atoms with van der Waals surface area (Å²) in [6.07, 6.45) is 0. The van der Waals surface area contributed by atoms with Gasteiger partial charge in [-0.2, -0.15) is 13.1 Å². The molecule has 0 saturated carbocycles. The lowest BCUT2D eigenvalue weighted by atomic mass is 10.1. The Hall–Kier alpha value is -0.510. The van der Waals surface area contributed by atoms with Crippen LogP contribution in [0.3, 0.4) is 0 Å². The van der Waals surface area contributed by atoms with Gasteiger partial charge >= 0.3 is 23.9 Å². The molecule has 0 radical (unpaired) electrons. The molecule has 0 aromatic heterocycles. The fourth-order valence-electron chi connectivity index (χ4n) is 1.57. The first-order valence-electron chi connectivity index (χ1n) is 7.34. The number of ether oxygens (including phenoxy) is 1. The van der Waals surface area contributed by atoms with Gasteiger partial charge in [-0.25, -0.2) is 0 Å². The summed E-state index contributed by atoms with van der Waals surface area (Å²) in [5, 5.41) is 0. The quantitative estimate of drug-likeness (QED) is 0.435. The Kier molecular flexibility index (Phi) is 10.1. The SMILES string of the molecule is CCOP(=NS(=O)(=O)N[C@H](C(=O)OC)C(C)C)(OCC)OCC. The topological polar surface area (TPSA) is 113 Å². The lowest BCUT2D eigenvalue weighted by Gasteiger charge is -2.23. The monoisotopic (exact) mass is 374 g/mol. The molecule has 0 aliphatic heterocycles. The molecule has 0 aromatic rings. The molecule has 1 atom stereocenters. The van der Waals surface area contributed by atoms with Crippen LogP contribution in [-0.2, 0) is 33.3 Å². The van der Waals surface area contributed by atoms with E-state index in [1.807, 2.05) is 0 Å². The van der Waals surface area contributed by atoms with Crippen LogP contribution in [0.5, 0.6) is 0 Å². The Morgan fingerprint density at radius 1 is 1.09 bits per heavy atom. The lowest BCUT2D eigenvalue weighted by Crippen LogP contribution is -2.44. The molecule has 0 unspecified atom stereocenters. The van der Waals surface area contributed by atoms with E-state index in [4.69, 9.17) is 13.6 Å². The van der Waals surface area contributed by atoms with Crippen molar-refractivity contribution in [1.29, 1.82) is 0 Å². The summed E-state index contributed by atoms with van der Waals surface area (Å²) in [5.74, 6) is -1.03. The molecule has 0 fully saturated rings. The largest absolute Gasteiger partial charge is 0.468 e. The van der Waals surface area contributed by atoms with Crippen molar-refractivity contribution in [1.82, 2.24) is 4.72 Å². The highest BCUT2D eigenvalue weighted by atomic mass is 32.2. The summed E-state index contributed by atoms with van der Waals surface area (Å²) in [6, 6.07) is -1.07. The number of carbonyl (C=O) groups excluding carboxylic acids is 1. The van der Waals surface area contributed by atoms with Gasteiger partial charge in [-0.05, 0) is 26.7 Å². The highest BCUT2D eigenvalue weighted by molar-refractivity contribution is 7.91. The van der Waals surface area contributed by atoms with Crippen LogP contribution in [-0.4, -0.2) is 47.4 Å². The van der Waals surface area contributed by atoms with E-state index in [1.165, 1.54) is 7.11 Å². The maximum atomic E-state index is 12.3. The van der Waals surface area contributed by atoms with E-state index in [2.05, 4.69) is 13.6 Å². The summed E-state index contributed by atoms with van der Waals surface area (Å²) in [5.41, 5.74) is 0. The Labute approximate surface area is 138 Å². The summed E-state index contributed by atoms with van der Waals surface area (Å²) in [6.45, 7) is 8.88. The van der Waals surface area contributed by atoms with Crippen molar-refractivity contribution in [2.45, 2.75) is 40.7 Å². The molecule has 9 nitrogen and oxygen atoms in total. The molecule has 0 spiro atoms. The zero-order valence-corrected chi connectivity index (χ0v) is 16.1. The minimum absolute atomic E-state index is 0.164. The van der Waals surface area contributed by atoms with Crippen molar-refractivity contribution in [3.63, 3.8) is 0 Å². The molecule has 11 heteroatoms. The highest BCUT2D eigenvalue weighted by Gasteiger charge is 2.32. The average molecular weight is 374 g/mol. The highest BCUT2D eigenvalue weighted by Crippen LogP contribution is 2.53. The van der Waals surface area contributed by atoms with E-state index in [0.29, 0.717) is 0 Å². The van der Waals surface area contributed by atoms with Crippen LogP contribution in [0.1, 0.15) is 34.6 Å². The number of carbonyl (C=O) groups is 1. The summed E-state index contributed by atoms with van der Waals surface area (Å²) >= 11 is 0. The molecule has 0 amide bonds. The molecule has 0 rings (SSSR count). The third kappa shape index (κ3) is 7.73. The Morgan fingerprint density at radius 3 is 1.83 bits per heavy atom. The van der Waals surface area contributed by atoms with E-state index in [0.717, 1.165) is 0 Å². The lowest BCUT2D eigenvalue weighted by molar-refractivity contribution is -0.143. The number of nitrogens with zero attached hydrogens (tertiary/aromatic N) is 1. The predicted molar refractivity (Wildman–Crippen MR) is 86.9 cm³/mol. The number of nitrogens with one attached hydrogen (secondary N) is 1. The van der Waals surface area contributed by atoms with Crippen LogP contribution in [0.4, 0.5) is 0 Å². The summed E-state index contributed by atoms with van der Waals surface area (Å²) in [4.78, 5) is 11.7. The van der Waals surface area contributed by atoms with E-state index >= 15 is 0 Å². The Balaban J connectivity index is 5.68. The average Bonchev–Trinajstić information content (AvgIpc) is 2.44. The first-order valence-corrected chi connectivity index (χ1v) is 10.3. The van der Waals surface area contributed by atoms with Gasteiger partial charge in [-0.15, -0.1) is 0 Å². The van der Waals surface area contributed by atoms with Crippen LogP contribution in [0.25, 0.3) is 0 Å². The molecular formula is C12H27N2O7PS. The zero-order valence-electron chi connectivity index (χ0n) is 14.4. The van der Waals surface area contributed by atoms with Gasteiger partial charge in [0.05, 0.1) is 26.9 Å². The molecule has 138 valence electrons. The van der Waals surface area contributed by atoms with E-state index in [9.17, 15) is 13.2 Å². The molecule has 0 aliphatic rings. The van der Waals surface area contributed by atoms with Crippen LogP contribution >= 0.6 is 7.74 Å². The second-order valence-electron chi connectivity index (χ2n) is 4.64. The maximum absolute atomic E-state index is 12.3. The van der Waals surface area contributed by atoms with E-state index in [-0.39, 0.29) is 25.7 Å². The number of methoxy groups -OCH3 is 1. The van der Waals surface area contributed by atoms with E-state index < -0.39 is 30.0 Å². The zero-order chi connectivity index (χ0) is 18.1. The van der Waals surface area contributed by atoms with E-state index in [1.54, 1.807) is 34.6 Å². The summed E-state index contributed by atoms with van der Waals surface area (Å²) in [7, 11) is -6.50. The molecule has 0 aliphatic carbocycles. The van der Waals surface area contributed by atoms with Gasteiger partial charge in [0, 0.05) is 0 Å². The second-order valence-corrected chi connectivity index (χ2v) is 8.19. The smallest absolute Gasteiger partial charge is 0.372 e. The first-order chi connectivity index (χ1) is 10.7. The third-order valence-electron chi connectivity index (χ3n) is 2.48. The Morgan fingerprint density at radius 2 is 1.52 bits per heavy atom. The van der Waals surface area contributed by atoms with Gasteiger partial charge < -0.3 is 18.3 Å². The van der Waals surface area contributed by atoms with Crippen molar-refractivity contribution in [3.05, 3.63) is 0 Å². The molecule has 1 N–H and O–H groups in total. The van der Waals surface area contributed by atoms with Gasteiger partial charge in [0.15, 0.2) is 0 Å².